The van der Waals surface area contributed by atoms with Crippen LogP contribution in [0, 0.1) is 6.92 Å². The second kappa shape index (κ2) is 9.06. The molecule has 37 heavy (non-hydrogen) atoms. The molecule has 5 aromatic rings. The molecule has 10 heteroatoms. The van der Waals surface area contributed by atoms with Crippen molar-refractivity contribution in [2.45, 2.75) is 6.92 Å². The van der Waals surface area contributed by atoms with E-state index in [0.29, 0.717) is 27.7 Å². The summed E-state index contributed by atoms with van der Waals surface area (Å²) in [6.07, 6.45) is 0. The van der Waals surface area contributed by atoms with Crippen molar-refractivity contribution in [3.05, 3.63) is 103 Å². The molecule has 1 aliphatic heterocycles. The van der Waals surface area contributed by atoms with Crippen LogP contribution >= 0.6 is 27.3 Å². The molecule has 8 nitrogen and oxygen atoms in total. The Bertz CT molecular complexity index is 1830. The summed E-state index contributed by atoms with van der Waals surface area (Å²) in [5.41, 5.74) is 3.47. The van der Waals surface area contributed by atoms with E-state index in [4.69, 9.17) is 0 Å². The predicted molar refractivity (Wildman–Crippen MR) is 147 cm³/mol. The van der Waals surface area contributed by atoms with Crippen LogP contribution in [0.2, 0.25) is 0 Å². The molecule has 0 fully saturated rings. The standard InChI is InChI=1S/C27H18BrN5O3S/c1-15-5-4-6-18(13-15)29-21(34)14-32-20-8-3-2-7-19(20)22(25(32)35)23-26(36)33-27(37-23)30-24(31-33)16-9-11-17(28)12-10-16/h2-13H,14H2,1H3,(H,29,34)/b23-22-. The molecular weight excluding hydrogens is 554 g/mol. The number of aromatic nitrogens is 3. The van der Waals surface area contributed by atoms with E-state index in [1.165, 1.54) is 9.42 Å². The van der Waals surface area contributed by atoms with E-state index in [-0.39, 0.29) is 22.6 Å². The summed E-state index contributed by atoms with van der Waals surface area (Å²) in [4.78, 5) is 46.1. The number of aryl methyl sites for hydroxylation is 1. The van der Waals surface area contributed by atoms with Crippen LogP contribution in [0.15, 0.2) is 82.1 Å². The molecule has 0 saturated heterocycles. The van der Waals surface area contributed by atoms with E-state index in [1.54, 1.807) is 30.3 Å². The van der Waals surface area contributed by atoms with Crippen molar-refractivity contribution in [2.24, 2.45) is 0 Å². The highest BCUT2D eigenvalue weighted by atomic mass is 79.9. The maximum atomic E-state index is 13.6. The Balaban J connectivity index is 1.38. The second-order valence-corrected chi connectivity index (χ2v) is 10.5. The number of thiazole rings is 1. The number of nitrogens with one attached hydrogen (secondary N) is 1. The summed E-state index contributed by atoms with van der Waals surface area (Å²) in [6, 6.07) is 22.1. The quantitative estimate of drug-likeness (QED) is 0.354. The minimum Gasteiger partial charge on any atom is -0.325 e. The number of hydrogen-bond acceptors (Lipinski definition) is 6. The topological polar surface area (TPSA) is 96.7 Å². The van der Waals surface area contributed by atoms with Gasteiger partial charge in [-0.1, -0.05) is 69.7 Å². The fraction of sp³-hybridized carbons (Fsp3) is 0.0741. The van der Waals surface area contributed by atoms with Crippen LogP contribution in [-0.2, 0) is 9.59 Å². The molecule has 0 bridgehead atoms. The van der Waals surface area contributed by atoms with Crippen LogP contribution in [0.5, 0.6) is 0 Å². The maximum absolute atomic E-state index is 13.6. The highest BCUT2D eigenvalue weighted by Crippen LogP contribution is 2.35. The zero-order valence-electron chi connectivity index (χ0n) is 19.4. The molecule has 3 heterocycles. The van der Waals surface area contributed by atoms with Gasteiger partial charge in [-0.3, -0.25) is 19.3 Å². The Morgan fingerprint density at radius 2 is 1.81 bits per heavy atom. The number of nitrogens with zero attached hydrogens (tertiary/aromatic N) is 4. The van der Waals surface area contributed by atoms with Gasteiger partial charge in [0, 0.05) is 21.3 Å². The van der Waals surface area contributed by atoms with Crippen molar-refractivity contribution < 1.29 is 9.59 Å². The van der Waals surface area contributed by atoms with Crippen molar-refractivity contribution in [1.29, 1.82) is 0 Å². The molecule has 0 atom stereocenters. The predicted octanol–water partition coefficient (Wildman–Crippen LogP) is 3.79. The fourth-order valence-corrected chi connectivity index (χ4v) is 5.59. The summed E-state index contributed by atoms with van der Waals surface area (Å²) in [5.74, 6) is -0.311. The molecule has 0 radical (unpaired) electrons. The van der Waals surface area contributed by atoms with Gasteiger partial charge in [0.1, 0.15) is 11.1 Å². The minimum atomic E-state index is -0.417. The lowest BCUT2D eigenvalue weighted by molar-refractivity contribution is -0.118. The molecule has 2 amide bonds. The number of halogens is 1. The zero-order chi connectivity index (χ0) is 25.7. The average Bonchev–Trinajstić information content (AvgIpc) is 3.51. The van der Waals surface area contributed by atoms with Gasteiger partial charge in [-0.2, -0.15) is 9.50 Å². The molecule has 0 unspecified atom stereocenters. The number of amides is 2. The molecule has 1 N–H and O–H groups in total. The third kappa shape index (κ3) is 4.13. The lowest BCUT2D eigenvalue weighted by atomic mass is 10.1. The lowest BCUT2D eigenvalue weighted by Gasteiger charge is -2.16. The van der Waals surface area contributed by atoms with Crippen molar-refractivity contribution >= 4 is 61.0 Å². The third-order valence-electron chi connectivity index (χ3n) is 6.01. The van der Waals surface area contributed by atoms with Gasteiger partial charge in [-0.15, -0.1) is 5.10 Å². The number of carbonyl (C=O) groups is 2. The van der Waals surface area contributed by atoms with E-state index in [9.17, 15) is 14.4 Å². The SMILES string of the molecule is Cc1cccc(NC(=O)CN2C(=O)/C(=c3\sc4nc(-c5ccc(Br)cc5)nn4c3=O)c3ccccc32)c1. The van der Waals surface area contributed by atoms with E-state index in [2.05, 4.69) is 31.3 Å². The van der Waals surface area contributed by atoms with Gasteiger partial charge in [0.15, 0.2) is 5.82 Å². The number of benzene rings is 3. The Morgan fingerprint density at radius 1 is 1.03 bits per heavy atom. The minimum absolute atomic E-state index is 0.185. The fourth-order valence-electron chi connectivity index (χ4n) is 4.33. The zero-order valence-corrected chi connectivity index (χ0v) is 21.8. The first kappa shape index (κ1) is 23.3. The average molecular weight is 572 g/mol. The summed E-state index contributed by atoms with van der Waals surface area (Å²) in [5, 5.41) is 7.23. The van der Waals surface area contributed by atoms with Crippen molar-refractivity contribution in [2.75, 3.05) is 16.8 Å². The first-order valence-electron chi connectivity index (χ1n) is 11.4. The van der Waals surface area contributed by atoms with Gasteiger partial charge < -0.3 is 5.32 Å². The van der Waals surface area contributed by atoms with E-state index in [0.717, 1.165) is 26.9 Å². The first-order valence-corrected chi connectivity index (χ1v) is 13.0. The number of anilines is 2. The lowest BCUT2D eigenvalue weighted by Crippen LogP contribution is -2.37. The molecular formula is C27H18BrN5O3S. The summed E-state index contributed by atoms with van der Waals surface area (Å²) >= 11 is 4.52. The van der Waals surface area contributed by atoms with Crippen LogP contribution in [0.3, 0.4) is 0 Å². The summed E-state index contributed by atoms with van der Waals surface area (Å²) < 4.78 is 2.40. The molecule has 2 aromatic heterocycles. The van der Waals surface area contributed by atoms with Crippen LogP contribution in [0.1, 0.15) is 11.1 Å². The van der Waals surface area contributed by atoms with Crippen molar-refractivity contribution in [3.8, 4) is 11.4 Å². The molecule has 0 spiro atoms. The molecule has 0 aliphatic carbocycles. The highest BCUT2D eigenvalue weighted by Gasteiger charge is 2.35. The Morgan fingerprint density at radius 3 is 2.57 bits per heavy atom. The molecule has 0 saturated carbocycles. The molecule has 6 rings (SSSR count). The normalized spacial score (nSPS) is 14.3. The number of para-hydroxylation sites is 1. The van der Waals surface area contributed by atoms with Gasteiger partial charge in [0.25, 0.3) is 11.5 Å². The molecule has 1 aliphatic rings. The Kier molecular flexibility index (Phi) is 5.69. The van der Waals surface area contributed by atoms with E-state index >= 15 is 0 Å². The van der Waals surface area contributed by atoms with Crippen LogP contribution < -0.4 is 20.3 Å². The maximum Gasteiger partial charge on any atom is 0.291 e. The van der Waals surface area contributed by atoms with Crippen LogP contribution in [-0.4, -0.2) is 33.0 Å². The van der Waals surface area contributed by atoms with E-state index in [1.807, 2.05) is 49.4 Å². The van der Waals surface area contributed by atoms with Crippen LogP contribution in [0.4, 0.5) is 11.4 Å². The van der Waals surface area contributed by atoms with Gasteiger partial charge >= 0.3 is 0 Å². The number of hydrogen-bond donors (Lipinski definition) is 1. The first-order chi connectivity index (χ1) is 17.9. The van der Waals surface area contributed by atoms with Crippen LogP contribution in [0.25, 0.3) is 21.9 Å². The number of carbonyl (C=O) groups excluding carboxylic acids is 2. The van der Waals surface area contributed by atoms with Gasteiger partial charge in [0.2, 0.25) is 10.9 Å². The van der Waals surface area contributed by atoms with Crippen molar-refractivity contribution in [1.82, 2.24) is 14.6 Å². The Hall–Kier alpha value is -4.15. The number of fused-ring (bicyclic) bond motifs is 2. The Labute approximate surface area is 223 Å². The smallest absolute Gasteiger partial charge is 0.291 e. The monoisotopic (exact) mass is 571 g/mol. The largest absolute Gasteiger partial charge is 0.325 e. The van der Waals surface area contributed by atoms with Gasteiger partial charge in [0.05, 0.1) is 11.3 Å². The van der Waals surface area contributed by atoms with E-state index < -0.39 is 11.5 Å². The molecule has 182 valence electrons. The van der Waals surface area contributed by atoms with Crippen molar-refractivity contribution in [3.63, 3.8) is 0 Å². The second-order valence-electron chi connectivity index (χ2n) is 8.57. The number of rotatable bonds is 4. The third-order valence-corrected chi connectivity index (χ3v) is 7.57. The summed E-state index contributed by atoms with van der Waals surface area (Å²) in [7, 11) is 0. The highest BCUT2D eigenvalue weighted by molar-refractivity contribution is 9.10. The van der Waals surface area contributed by atoms with Gasteiger partial charge in [-0.05, 0) is 42.8 Å². The summed E-state index contributed by atoms with van der Waals surface area (Å²) in [6.45, 7) is 1.75. The van der Waals surface area contributed by atoms with Gasteiger partial charge in [-0.25, -0.2) is 0 Å². The molecule has 3 aromatic carbocycles.